The van der Waals surface area contributed by atoms with Crippen molar-refractivity contribution < 1.29 is 9.18 Å². The van der Waals surface area contributed by atoms with E-state index in [1.165, 1.54) is 23.9 Å². The second kappa shape index (κ2) is 7.80. The quantitative estimate of drug-likeness (QED) is 0.647. The van der Waals surface area contributed by atoms with E-state index >= 15 is 0 Å². The zero-order valence-electron chi connectivity index (χ0n) is 13.4. The molecule has 3 rings (SSSR count). The predicted molar refractivity (Wildman–Crippen MR) is 101 cm³/mol. The van der Waals surface area contributed by atoms with Gasteiger partial charge in [-0.1, -0.05) is 47.6 Å². The van der Waals surface area contributed by atoms with Gasteiger partial charge in [0.05, 0.1) is 11.0 Å². The Morgan fingerprint density at radius 1 is 1.28 bits per heavy atom. The lowest BCUT2D eigenvalue weighted by Crippen LogP contribution is -2.25. The maximum absolute atomic E-state index is 12.9. The van der Waals surface area contributed by atoms with Crippen molar-refractivity contribution in [1.82, 2.24) is 5.32 Å². The summed E-state index contributed by atoms with van der Waals surface area (Å²) in [5.74, 6) is -0.399. The van der Waals surface area contributed by atoms with Crippen LogP contribution >= 0.6 is 23.4 Å². The third-order valence-corrected chi connectivity index (χ3v) is 4.95. The standard InChI is InChI=1S/C18H15ClFN3OS/c1-11(13-5-7-15(20)8-6-13)22-23-18-21-17(24)16(25-18)10-12-3-2-4-14(19)9-12/h2-9,16H,10H2,1H3,(H,21,23,24)/b22-11-. The molecule has 4 nitrogen and oxygen atoms in total. The van der Waals surface area contributed by atoms with Gasteiger partial charge in [-0.25, -0.2) is 4.39 Å². The summed E-state index contributed by atoms with van der Waals surface area (Å²) in [5, 5.41) is 11.8. The molecule has 128 valence electrons. The van der Waals surface area contributed by atoms with Crippen LogP contribution in [0.4, 0.5) is 4.39 Å². The summed E-state index contributed by atoms with van der Waals surface area (Å²) < 4.78 is 12.9. The SMILES string of the molecule is C/C(=N/N=C1\NC(=O)C(Cc2cccc(Cl)c2)S1)c1ccc(F)cc1. The summed E-state index contributed by atoms with van der Waals surface area (Å²) in [6.07, 6.45) is 0.566. The predicted octanol–water partition coefficient (Wildman–Crippen LogP) is 4.03. The monoisotopic (exact) mass is 375 g/mol. The smallest absolute Gasteiger partial charge is 0.239 e. The second-order valence-electron chi connectivity index (χ2n) is 5.53. The first kappa shape index (κ1) is 17.6. The molecule has 1 unspecified atom stereocenters. The first-order chi connectivity index (χ1) is 12.0. The summed E-state index contributed by atoms with van der Waals surface area (Å²) in [7, 11) is 0. The van der Waals surface area contributed by atoms with Crippen LogP contribution in [0.3, 0.4) is 0 Å². The molecule has 1 atom stereocenters. The van der Waals surface area contributed by atoms with Crippen molar-refractivity contribution in [2.45, 2.75) is 18.6 Å². The lowest BCUT2D eigenvalue weighted by molar-refractivity contribution is -0.118. The molecule has 25 heavy (non-hydrogen) atoms. The average Bonchev–Trinajstić information content (AvgIpc) is 2.93. The van der Waals surface area contributed by atoms with Crippen LogP contribution in [-0.2, 0) is 11.2 Å². The van der Waals surface area contributed by atoms with Crippen molar-refractivity contribution in [3.8, 4) is 0 Å². The molecular formula is C18H15ClFN3OS. The van der Waals surface area contributed by atoms with E-state index in [0.717, 1.165) is 11.1 Å². The van der Waals surface area contributed by atoms with Gasteiger partial charge >= 0.3 is 0 Å². The maximum atomic E-state index is 12.9. The fourth-order valence-corrected chi connectivity index (χ4v) is 3.51. The van der Waals surface area contributed by atoms with Gasteiger partial charge in [0, 0.05) is 5.02 Å². The van der Waals surface area contributed by atoms with Crippen molar-refractivity contribution in [3.63, 3.8) is 0 Å². The van der Waals surface area contributed by atoms with Crippen molar-refractivity contribution in [1.29, 1.82) is 0 Å². The molecule has 1 N–H and O–H groups in total. The van der Waals surface area contributed by atoms with Gasteiger partial charge in [-0.05, 0) is 48.7 Å². The number of nitrogens with one attached hydrogen (secondary N) is 1. The summed E-state index contributed by atoms with van der Waals surface area (Å²) in [4.78, 5) is 12.1. The van der Waals surface area contributed by atoms with Gasteiger partial charge in [0.25, 0.3) is 0 Å². The highest BCUT2D eigenvalue weighted by Crippen LogP contribution is 2.24. The number of carbonyl (C=O) groups is 1. The van der Waals surface area contributed by atoms with Gasteiger partial charge in [-0.3, -0.25) is 4.79 Å². The third-order valence-electron chi connectivity index (χ3n) is 3.64. The fourth-order valence-electron chi connectivity index (χ4n) is 2.33. The Labute approximate surface area is 154 Å². The zero-order chi connectivity index (χ0) is 17.8. The zero-order valence-corrected chi connectivity index (χ0v) is 14.9. The topological polar surface area (TPSA) is 53.8 Å². The van der Waals surface area contributed by atoms with E-state index in [0.29, 0.717) is 22.3 Å². The van der Waals surface area contributed by atoms with Gasteiger partial charge in [-0.15, -0.1) is 5.10 Å². The molecule has 1 saturated heterocycles. The van der Waals surface area contributed by atoms with Crippen LogP contribution in [0.2, 0.25) is 5.02 Å². The first-order valence-electron chi connectivity index (χ1n) is 7.61. The van der Waals surface area contributed by atoms with E-state index in [9.17, 15) is 9.18 Å². The Morgan fingerprint density at radius 2 is 2.04 bits per heavy atom. The van der Waals surface area contributed by atoms with Crippen LogP contribution in [0.1, 0.15) is 18.1 Å². The lowest BCUT2D eigenvalue weighted by atomic mass is 10.1. The molecule has 1 aliphatic heterocycles. The van der Waals surface area contributed by atoms with Gasteiger partial charge in [0.2, 0.25) is 5.91 Å². The van der Waals surface area contributed by atoms with E-state index in [-0.39, 0.29) is 17.0 Å². The molecule has 0 radical (unpaired) electrons. The summed E-state index contributed by atoms with van der Waals surface area (Å²) in [6.45, 7) is 1.78. The Kier molecular flexibility index (Phi) is 5.50. The van der Waals surface area contributed by atoms with Gasteiger partial charge in [0.1, 0.15) is 5.82 Å². The van der Waals surface area contributed by atoms with Crippen LogP contribution in [0.25, 0.3) is 0 Å². The van der Waals surface area contributed by atoms with Gasteiger partial charge < -0.3 is 5.32 Å². The minimum atomic E-state index is -0.301. The van der Waals surface area contributed by atoms with E-state index in [2.05, 4.69) is 15.5 Å². The van der Waals surface area contributed by atoms with Gasteiger partial charge in [0.15, 0.2) is 5.17 Å². The molecule has 1 amide bonds. The van der Waals surface area contributed by atoms with Crippen molar-refractivity contribution in [2.24, 2.45) is 10.2 Å². The molecular weight excluding hydrogens is 361 g/mol. The molecule has 0 aliphatic carbocycles. The normalized spacial score (nSPS) is 19.3. The fraction of sp³-hybridized carbons (Fsp3) is 0.167. The molecule has 1 heterocycles. The Balaban J connectivity index is 1.68. The second-order valence-corrected chi connectivity index (χ2v) is 7.16. The number of amidine groups is 1. The minimum Gasteiger partial charge on any atom is -0.303 e. The molecule has 0 aromatic heterocycles. The summed E-state index contributed by atoms with van der Waals surface area (Å²) in [5.41, 5.74) is 2.41. The molecule has 1 fully saturated rings. The Hall–Kier alpha value is -2.18. The highest BCUT2D eigenvalue weighted by molar-refractivity contribution is 8.15. The van der Waals surface area contributed by atoms with E-state index in [4.69, 9.17) is 11.6 Å². The number of hydrogen-bond acceptors (Lipinski definition) is 4. The minimum absolute atomic E-state index is 0.0987. The molecule has 2 aromatic carbocycles. The average molecular weight is 376 g/mol. The number of nitrogens with zero attached hydrogens (tertiary/aromatic N) is 2. The number of thioether (sulfide) groups is 1. The first-order valence-corrected chi connectivity index (χ1v) is 8.87. The van der Waals surface area contributed by atoms with Crippen LogP contribution in [0.15, 0.2) is 58.7 Å². The number of benzene rings is 2. The summed E-state index contributed by atoms with van der Waals surface area (Å²) >= 11 is 7.31. The number of amides is 1. The lowest BCUT2D eigenvalue weighted by Gasteiger charge is -2.05. The Morgan fingerprint density at radius 3 is 2.76 bits per heavy atom. The summed E-state index contributed by atoms with van der Waals surface area (Å²) in [6, 6.07) is 13.5. The number of halogens is 2. The van der Waals surface area contributed by atoms with E-state index in [1.807, 2.05) is 18.2 Å². The largest absolute Gasteiger partial charge is 0.303 e. The van der Waals surface area contributed by atoms with Crippen LogP contribution in [0, 0.1) is 5.82 Å². The van der Waals surface area contributed by atoms with Crippen molar-refractivity contribution in [2.75, 3.05) is 0 Å². The molecule has 0 spiro atoms. The van der Waals surface area contributed by atoms with Gasteiger partial charge in [-0.2, -0.15) is 5.10 Å². The van der Waals surface area contributed by atoms with Crippen LogP contribution in [-0.4, -0.2) is 22.0 Å². The number of rotatable bonds is 4. The Bertz CT molecular complexity index is 852. The van der Waals surface area contributed by atoms with E-state index < -0.39 is 0 Å². The third kappa shape index (κ3) is 4.67. The molecule has 0 bridgehead atoms. The molecule has 7 heteroatoms. The molecule has 2 aromatic rings. The number of carbonyl (C=O) groups excluding carboxylic acids is 1. The van der Waals surface area contributed by atoms with Crippen LogP contribution in [0.5, 0.6) is 0 Å². The molecule has 0 saturated carbocycles. The highest BCUT2D eigenvalue weighted by atomic mass is 35.5. The highest BCUT2D eigenvalue weighted by Gasteiger charge is 2.30. The number of hydrogen-bond donors (Lipinski definition) is 1. The molecule has 1 aliphatic rings. The van der Waals surface area contributed by atoms with Crippen molar-refractivity contribution in [3.05, 3.63) is 70.5 Å². The van der Waals surface area contributed by atoms with Crippen LogP contribution < -0.4 is 5.32 Å². The van der Waals surface area contributed by atoms with E-state index in [1.54, 1.807) is 25.1 Å². The maximum Gasteiger partial charge on any atom is 0.239 e. The van der Waals surface area contributed by atoms with Crippen molar-refractivity contribution >= 4 is 40.1 Å².